The molecule has 2 N–H and O–H groups in total. The minimum absolute atomic E-state index is 0.281. The average Bonchev–Trinajstić information content (AvgIpc) is 3.19. The maximum atomic E-state index is 13.9. The van der Waals surface area contributed by atoms with E-state index in [2.05, 4.69) is 11.9 Å². The number of halogens is 1. The molecule has 0 amide bonds. The Morgan fingerprint density at radius 3 is 2.84 bits per heavy atom. The molecule has 1 aromatic carbocycles. The van der Waals surface area contributed by atoms with Crippen LogP contribution in [0.25, 0.3) is 0 Å². The van der Waals surface area contributed by atoms with Crippen LogP contribution in [0.3, 0.4) is 0 Å². The molecule has 1 unspecified atom stereocenters. The molecule has 0 bridgehead atoms. The van der Waals surface area contributed by atoms with E-state index in [1.54, 1.807) is 19.2 Å². The lowest BCUT2D eigenvalue weighted by Crippen LogP contribution is -2.26. The van der Waals surface area contributed by atoms with Crippen LogP contribution in [0.5, 0.6) is 5.75 Å². The second-order valence-corrected chi connectivity index (χ2v) is 5.46. The molecule has 4 heteroatoms. The molecule has 1 aliphatic carbocycles. The van der Waals surface area contributed by atoms with Crippen molar-refractivity contribution in [1.29, 1.82) is 0 Å². The summed E-state index contributed by atoms with van der Waals surface area (Å²) in [6.45, 7) is 2.01. The van der Waals surface area contributed by atoms with Gasteiger partial charge in [0, 0.05) is 18.2 Å². The van der Waals surface area contributed by atoms with Gasteiger partial charge >= 0.3 is 0 Å². The van der Waals surface area contributed by atoms with Gasteiger partial charge in [-0.2, -0.15) is 0 Å². The van der Waals surface area contributed by atoms with E-state index < -0.39 is 0 Å². The number of methoxy groups -OCH3 is 1. The maximum absolute atomic E-state index is 13.9. The van der Waals surface area contributed by atoms with Crippen molar-refractivity contribution < 1.29 is 9.13 Å². The Morgan fingerprint density at radius 1 is 1.47 bits per heavy atom. The van der Waals surface area contributed by atoms with E-state index in [4.69, 9.17) is 10.5 Å². The van der Waals surface area contributed by atoms with E-state index >= 15 is 0 Å². The van der Waals surface area contributed by atoms with Gasteiger partial charge in [-0.25, -0.2) is 4.39 Å². The Kier molecular flexibility index (Phi) is 4.77. The summed E-state index contributed by atoms with van der Waals surface area (Å²) in [5.74, 6) is 1.12. The Balaban J connectivity index is 1.92. The fourth-order valence-electron chi connectivity index (χ4n) is 2.39. The lowest BCUT2D eigenvalue weighted by Gasteiger charge is -2.21. The van der Waals surface area contributed by atoms with Crippen LogP contribution in [-0.4, -0.2) is 32.1 Å². The monoisotopic (exact) mass is 266 g/mol. The van der Waals surface area contributed by atoms with Crippen molar-refractivity contribution in [1.82, 2.24) is 4.90 Å². The Bertz CT molecular complexity index is 421. The van der Waals surface area contributed by atoms with Crippen LogP contribution in [0.15, 0.2) is 18.2 Å². The maximum Gasteiger partial charge on any atom is 0.131 e. The Hall–Kier alpha value is -1.13. The highest BCUT2D eigenvalue weighted by molar-refractivity contribution is 5.37. The Morgan fingerprint density at radius 2 is 2.21 bits per heavy atom. The Labute approximate surface area is 114 Å². The minimum atomic E-state index is -0.321. The number of hydrogen-bond acceptors (Lipinski definition) is 3. The van der Waals surface area contributed by atoms with E-state index in [1.807, 2.05) is 0 Å². The lowest BCUT2D eigenvalue weighted by molar-refractivity contribution is 0.303. The van der Waals surface area contributed by atoms with Crippen LogP contribution in [0, 0.1) is 11.7 Å². The zero-order chi connectivity index (χ0) is 13.8. The predicted octanol–water partition coefficient (Wildman–Crippen LogP) is 2.57. The molecular weight excluding hydrogens is 243 g/mol. The summed E-state index contributed by atoms with van der Waals surface area (Å²) in [5.41, 5.74) is 6.61. The van der Waals surface area contributed by atoms with E-state index in [1.165, 1.54) is 18.9 Å². The smallest absolute Gasteiger partial charge is 0.131 e. The summed E-state index contributed by atoms with van der Waals surface area (Å²) >= 11 is 0. The number of hydrogen-bond donors (Lipinski definition) is 1. The lowest BCUT2D eigenvalue weighted by atomic mass is 10.0. The van der Waals surface area contributed by atoms with Crippen molar-refractivity contribution in [3.05, 3.63) is 29.6 Å². The van der Waals surface area contributed by atoms with Gasteiger partial charge in [-0.05, 0) is 50.9 Å². The zero-order valence-corrected chi connectivity index (χ0v) is 11.7. The molecule has 1 atom stereocenters. The molecule has 3 nitrogen and oxygen atoms in total. The van der Waals surface area contributed by atoms with Gasteiger partial charge in [0.15, 0.2) is 0 Å². The van der Waals surface area contributed by atoms with Crippen LogP contribution in [0.4, 0.5) is 4.39 Å². The van der Waals surface area contributed by atoms with E-state index in [0.29, 0.717) is 11.3 Å². The number of rotatable bonds is 7. The molecule has 19 heavy (non-hydrogen) atoms. The molecule has 0 saturated heterocycles. The molecule has 0 aliphatic heterocycles. The number of ether oxygens (including phenoxy) is 1. The first kappa shape index (κ1) is 14.3. The normalized spacial score (nSPS) is 16.7. The second kappa shape index (κ2) is 6.35. The first-order chi connectivity index (χ1) is 9.11. The van der Waals surface area contributed by atoms with Gasteiger partial charge in [0.1, 0.15) is 11.6 Å². The molecule has 0 heterocycles. The molecular formula is C15H23FN2O. The van der Waals surface area contributed by atoms with E-state index in [9.17, 15) is 4.39 Å². The van der Waals surface area contributed by atoms with Gasteiger partial charge in [0.25, 0.3) is 0 Å². The molecule has 1 fully saturated rings. The van der Waals surface area contributed by atoms with Crippen molar-refractivity contribution in [2.45, 2.75) is 25.3 Å². The highest BCUT2D eigenvalue weighted by Gasteiger charge is 2.23. The first-order valence-electron chi connectivity index (χ1n) is 6.88. The van der Waals surface area contributed by atoms with Crippen molar-refractivity contribution >= 4 is 0 Å². The first-order valence-corrected chi connectivity index (χ1v) is 6.88. The predicted molar refractivity (Wildman–Crippen MR) is 74.7 cm³/mol. The highest BCUT2D eigenvalue weighted by Crippen LogP contribution is 2.30. The van der Waals surface area contributed by atoms with E-state index in [-0.39, 0.29) is 11.9 Å². The molecule has 1 saturated carbocycles. The minimum Gasteiger partial charge on any atom is -0.496 e. The van der Waals surface area contributed by atoms with Crippen LogP contribution in [-0.2, 0) is 0 Å². The number of nitrogens with zero attached hydrogens (tertiary/aromatic N) is 1. The fraction of sp³-hybridized carbons (Fsp3) is 0.600. The standard InChI is InChI=1S/C15H23FN2O/c1-18(10-11-6-7-11)9-8-13(17)15-12(16)4-3-5-14(15)19-2/h3-5,11,13H,6-10,17H2,1-2H3. The third kappa shape index (κ3) is 3.91. The third-order valence-corrected chi connectivity index (χ3v) is 3.69. The van der Waals surface area contributed by atoms with Crippen LogP contribution in [0.2, 0.25) is 0 Å². The molecule has 1 aromatic rings. The van der Waals surface area contributed by atoms with Gasteiger partial charge in [-0.15, -0.1) is 0 Å². The molecule has 2 rings (SSSR count). The van der Waals surface area contributed by atoms with Crippen LogP contribution < -0.4 is 10.5 Å². The van der Waals surface area contributed by atoms with Crippen molar-refractivity contribution in [3.8, 4) is 5.75 Å². The quantitative estimate of drug-likeness (QED) is 0.824. The summed E-state index contributed by atoms with van der Waals surface area (Å²) in [7, 11) is 3.65. The number of benzene rings is 1. The summed E-state index contributed by atoms with van der Waals surface area (Å²) in [6, 6.07) is 4.51. The van der Waals surface area contributed by atoms with Crippen LogP contribution >= 0.6 is 0 Å². The summed E-state index contributed by atoms with van der Waals surface area (Å²) in [6.07, 6.45) is 3.43. The van der Waals surface area contributed by atoms with Gasteiger partial charge in [0.05, 0.1) is 7.11 Å². The average molecular weight is 266 g/mol. The summed E-state index contributed by atoms with van der Waals surface area (Å²) in [5, 5.41) is 0. The van der Waals surface area contributed by atoms with Gasteiger partial charge in [-0.3, -0.25) is 0 Å². The molecule has 1 aliphatic rings. The fourth-order valence-corrected chi connectivity index (χ4v) is 2.39. The zero-order valence-electron chi connectivity index (χ0n) is 11.7. The van der Waals surface area contributed by atoms with Gasteiger partial charge in [-0.1, -0.05) is 6.07 Å². The largest absolute Gasteiger partial charge is 0.496 e. The SMILES string of the molecule is COc1cccc(F)c1C(N)CCN(C)CC1CC1. The van der Waals surface area contributed by atoms with Crippen LogP contribution in [0.1, 0.15) is 30.9 Å². The molecule has 0 spiro atoms. The molecule has 106 valence electrons. The number of nitrogens with two attached hydrogens (primary N) is 1. The topological polar surface area (TPSA) is 38.5 Å². The third-order valence-electron chi connectivity index (χ3n) is 3.69. The van der Waals surface area contributed by atoms with Crippen molar-refractivity contribution in [2.75, 3.05) is 27.2 Å². The van der Waals surface area contributed by atoms with E-state index in [0.717, 1.165) is 25.4 Å². The van der Waals surface area contributed by atoms with Crippen molar-refractivity contribution in [3.63, 3.8) is 0 Å². The molecule has 0 radical (unpaired) electrons. The van der Waals surface area contributed by atoms with Gasteiger partial charge in [0.2, 0.25) is 0 Å². The van der Waals surface area contributed by atoms with Crippen molar-refractivity contribution in [2.24, 2.45) is 11.7 Å². The van der Waals surface area contributed by atoms with Gasteiger partial charge < -0.3 is 15.4 Å². The highest BCUT2D eigenvalue weighted by atomic mass is 19.1. The molecule has 0 aromatic heterocycles. The second-order valence-electron chi connectivity index (χ2n) is 5.46. The summed E-state index contributed by atoms with van der Waals surface area (Å²) in [4.78, 5) is 2.28. The summed E-state index contributed by atoms with van der Waals surface area (Å²) < 4.78 is 19.1.